The molecule has 0 bridgehead atoms. The van der Waals surface area contributed by atoms with Gasteiger partial charge in [0.2, 0.25) is 17.7 Å². The number of carbonyl (C=O) groups excluding carboxylic acids is 3. The van der Waals surface area contributed by atoms with Gasteiger partial charge in [-0.3, -0.25) is 14.4 Å². The molecule has 0 aromatic heterocycles. The summed E-state index contributed by atoms with van der Waals surface area (Å²) in [5.74, 6) is -3.67. The lowest BCUT2D eigenvalue weighted by atomic mass is 10.0. The number of aliphatic hydroxyl groups excluding tert-OH is 1. The van der Waals surface area contributed by atoms with Gasteiger partial charge in [-0.25, -0.2) is 4.79 Å². The number of hydrogen-bond donors (Lipinski definition) is 8. The first kappa shape index (κ1) is 28.6. The van der Waals surface area contributed by atoms with Gasteiger partial charge >= 0.3 is 5.97 Å². The number of phenols is 1. The number of rotatable bonds is 13. The summed E-state index contributed by atoms with van der Waals surface area (Å²) in [7, 11) is 0. The molecule has 36 heavy (non-hydrogen) atoms. The highest BCUT2D eigenvalue weighted by molar-refractivity contribution is 7.80. The summed E-state index contributed by atoms with van der Waals surface area (Å²) < 4.78 is 0. The number of thiol groups is 1. The molecule has 2 aromatic carbocycles. The zero-order chi connectivity index (χ0) is 26.7. The molecule has 2 rings (SSSR count). The largest absolute Gasteiger partial charge is 0.508 e. The molecule has 194 valence electrons. The normalized spacial score (nSPS) is 14.1. The number of amides is 3. The van der Waals surface area contributed by atoms with E-state index in [-0.39, 0.29) is 24.3 Å². The van der Waals surface area contributed by atoms with E-state index in [1.54, 1.807) is 42.5 Å². The highest BCUT2D eigenvalue weighted by atomic mass is 32.1. The van der Waals surface area contributed by atoms with Crippen LogP contribution in [0.2, 0.25) is 0 Å². The predicted molar refractivity (Wildman–Crippen MR) is 134 cm³/mol. The SMILES string of the molecule is NC(CO)C(=O)NC(Cc1ccc(O)cc1)C(=O)NC(Cc1ccccc1)C(=O)NC(CS)C(=O)O. The molecule has 0 spiro atoms. The summed E-state index contributed by atoms with van der Waals surface area (Å²) in [6, 6.07) is 9.84. The van der Waals surface area contributed by atoms with E-state index in [0.717, 1.165) is 0 Å². The lowest BCUT2D eigenvalue weighted by Crippen LogP contribution is -2.58. The average Bonchev–Trinajstić information content (AvgIpc) is 2.87. The third-order valence-corrected chi connectivity index (χ3v) is 5.62. The van der Waals surface area contributed by atoms with Crippen LogP contribution in [0.4, 0.5) is 0 Å². The van der Waals surface area contributed by atoms with Gasteiger partial charge in [0, 0.05) is 18.6 Å². The van der Waals surface area contributed by atoms with E-state index in [2.05, 4.69) is 28.6 Å². The Balaban J connectivity index is 2.29. The van der Waals surface area contributed by atoms with E-state index in [9.17, 15) is 34.5 Å². The standard InChI is InChI=1S/C24H30N4O7S/c25-17(12-29)21(31)26-18(11-15-6-8-16(30)9-7-15)22(32)27-19(10-14-4-2-1-3-5-14)23(33)28-20(13-36)24(34)35/h1-9,17-20,29-30,36H,10-13,25H2,(H,26,31)(H,27,32)(H,28,33)(H,34,35). The fraction of sp³-hybridized carbons (Fsp3) is 0.333. The summed E-state index contributed by atoms with van der Waals surface area (Å²) in [5, 5.41) is 35.4. The lowest BCUT2D eigenvalue weighted by molar-refractivity contribution is -0.141. The van der Waals surface area contributed by atoms with Gasteiger partial charge in [-0.15, -0.1) is 0 Å². The number of nitrogens with one attached hydrogen (secondary N) is 3. The number of nitrogens with two attached hydrogens (primary N) is 1. The maximum atomic E-state index is 13.3. The van der Waals surface area contributed by atoms with Crippen molar-refractivity contribution in [3.05, 3.63) is 65.7 Å². The molecule has 11 nitrogen and oxygen atoms in total. The van der Waals surface area contributed by atoms with Crippen molar-refractivity contribution in [1.29, 1.82) is 0 Å². The molecule has 8 N–H and O–H groups in total. The summed E-state index contributed by atoms with van der Waals surface area (Å²) in [6.45, 7) is -0.640. The first-order valence-electron chi connectivity index (χ1n) is 11.1. The number of aromatic hydroxyl groups is 1. The Morgan fingerprint density at radius 3 is 1.72 bits per heavy atom. The van der Waals surface area contributed by atoms with Crippen LogP contribution in [0.25, 0.3) is 0 Å². The second kappa shape index (κ2) is 14.1. The Hall–Kier alpha value is -3.61. The van der Waals surface area contributed by atoms with Crippen LogP contribution in [0.1, 0.15) is 11.1 Å². The minimum atomic E-state index is -1.28. The predicted octanol–water partition coefficient (Wildman–Crippen LogP) is -1.03. The summed E-state index contributed by atoms with van der Waals surface area (Å²) in [5.41, 5.74) is 6.87. The van der Waals surface area contributed by atoms with E-state index in [1.807, 2.05) is 0 Å². The number of aliphatic carboxylic acids is 1. The van der Waals surface area contributed by atoms with Crippen molar-refractivity contribution in [2.45, 2.75) is 37.0 Å². The highest BCUT2D eigenvalue weighted by Crippen LogP contribution is 2.12. The first-order chi connectivity index (χ1) is 17.1. The van der Waals surface area contributed by atoms with Crippen LogP contribution >= 0.6 is 12.6 Å². The number of carboxylic acids is 1. The lowest BCUT2D eigenvalue weighted by Gasteiger charge is -2.25. The summed E-state index contributed by atoms with van der Waals surface area (Å²) in [6.07, 6.45) is 0.0391. The van der Waals surface area contributed by atoms with E-state index in [1.165, 1.54) is 12.1 Å². The van der Waals surface area contributed by atoms with Crippen molar-refractivity contribution in [3.8, 4) is 5.75 Å². The average molecular weight is 519 g/mol. The first-order valence-corrected chi connectivity index (χ1v) is 11.7. The van der Waals surface area contributed by atoms with Crippen molar-refractivity contribution in [1.82, 2.24) is 16.0 Å². The number of carbonyl (C=O) groups is 4. The van der Waals surface area contributed by atoms with Crippen LogP contribution in [-0.2, 0) is 32.0 Å². The van der Waals surface area contributed by atoms with Gasteiger partial charge in [0.15, 0.2) is 0 Å². The molecule has 0 heterocycles. The Bertz CT molecular complexity index is 1040. The molecule has 0 saturated carbocycles. The van der Waals surface area contributed by atoms with Crippen LogP contribution in [-0.4, -0.2) is 75.5 Å². The number of aliphatic hydroxyl groups is 1. The quantitative estimate of drug-likeness (QED) is 0.154. The Morgan fingerprint density at radius 1 is 0.778 bits per heavy atom. The van der Waals surface area contributed by atoms with Gasteiger partial charge in [0.25, 0.3) is 0 Å². The molecule has 0 aliphatic heterocycles. The van der Waals surface area contributed by atoms with Crippen molar-refractivity contribution in [2.24, 2.45) is 5.73 Å². The number of carboxylic acid groups (broad SMARTS) is 1. The van der Waals surface area contributed by atoms with Crippen molar-refractivity contribution in [3.63, 3.8) is 0 Å². The van der Waals surface area contributed by atoms with Crippen LogP contribution in [0.3, 0.4) is 0 Å². The monoisotopic (exact) mass is 518 g/mol. The molecule has 12 heteroatoms. The van der Waals surface area contributed by atoms with Gasteiger partial charge in [-0.1, -0.05) is 42.5 Å². The minimum Gasteiger partial charge on any atom is -0.508 e. The molecular formula is C24H30N4O7S. The van der Waals surface area contributed by atoms with E-state index < -0.39 is 54.5 Å². The zero-order valence-electron chi connectivity index (χ0n) is 19.3. The summed E-state index contributed by atoms with van der Waals surface area (Å²) >= 11 is 3.95. The van der Waals surface area contributed by atoms with E-state index in [0.29, 0.717) is 11.1 Å². The minimum absolute atomic E-state index is 0.00985. The van der Waals surface area contributed by atoms with Crippen molar-refractivity contribution < 1.29 is 34.5 Å². The van der Waals surface area contributed by atoms with E-state index in [4.69, 9.17) is 5.73 Å². The Morgan fingerprint density at radius 2 is 1.25 bits per heavy atom. The Kier molecular flexibility index (Phi) is 11.2. The maximum Gasteiger partial charge on any atom is 0.327 e. The second-order valence-corrected chi connectivity index (χ2v) is 8.42. The molecule has 4 atom stereocenters. The number of hydrogen-bond acceptors (Lipinski definition) is 8. The van der Waals surface area contributed by atoms with Gasteiger partial charge in [0.1, 0.15) is 29.9 Å². The van der Waals surface area contributed by atoms with Gasteiger partial charge in [-0.2, -0.15) is 12.6 Å². The van der Waals surface area contributed by atoms with Crippen molar-refractivity contribution in [2.75, 3.05) is 12.4 Å². The third-order valence-electron chi connectivity index (χ3n) is 5.26. The number of phenolic OH excluding ortho intramolecular Hbond substituents is 1. The van der Waals surface area contributed by atoms with Crippen LogP contribution in [0, 0.1) is 0 Å². The maximum absolute atomic E-state index is 13.3. The second-order valence-electron chi connectivity index (χ2n) is 8.05. The topological polar surface area (TPSA) is 191 Å². The molecular weight excluding hydrogens is 488 g/mol. The summed E-state index contributed by atoms with van der Waals surface area (Å²) in [4.78, 5) is 49.9. The molecule has 0 fully saturated rings. The molecule has 0 radical (unpaired) electrons. The third kappa shape index (κ3) is 8.87. The Labute approximate surface area is 213 Å². The fourth-order valence-corrected chi connectivity index (χ4v) is 3.48. The zero-order valence-corrected chi connectivity index (χ0v) is 20.2. The smallest absolute Gasteiger partial charge is 0.327 e. The molecule has 2 aromatic rings. The van der Waals surface area contributed by atoms with Crippen molar-refractivity contribution >= 4 is 36.3 Å². The molecule has 3 amide bonds. The van der Waals surface area contributed by atoms with Gasteiger partial charge in [0.05, 0.1) is 6.61 Å². The number of benzene rings is 2. The van der Waals surface area contributed by atoms with Crippen LogP contribution in [0.15, 0.2) is 54.6 Å². The molecule has 0 aliphatic carbocycles. The molecule has 0 saturated heterocycles. The van der Waals surface area contributed by atoms with Gasteiger partial charge in [-0.05, 0) is 23.3 Å². The highest BCUT2D eigenvalue weighted by Gasteiger charge is 2.30. The molecule has 4 unspecified atom stereocenters. The van der Waals surface area contributed by atoms with E-state index >= 15 is 0 Å². The van der Waals surface area contributed by atoms with Crippen LogP contribution < -0.4 is 21.7 Å². The fourth-order valence-electron chi connectivity index (χ4n) is 3.23. The molecule has 0 aliphatic rings. The van der Waals surface area contributed by atoms with Crippen LogP contribution in [0.5, 0.6) is 5.75 Å². The van der Waals surface area contributed by atoms with Gasteiger partial charge < -0.3 is 37.0 Å².